The van der Waals surface area contributed by atoms with E-state index in [1.54, 1.807) is 0 Å². The van der Waals surface area contributed by atoms with Gasteiger partial charge in [-0.1, -0.05) is 78.9 Å². The molecule has 2 aliphatic rings. The largest absolute Gasteiger partial charge is 0.479 e. The van der Waals surface area contributed by atoms with E-state index in [0.717, 1.165) is 27.8 Å². The summed E-state index contributed by atoms with van der Waals surface area (Å²) in [7, 11) is 0. The van der Waals surface area contributed by atoms with Gasteiger partial charge in [-0.2, -0.15) is 0 Å². The summed E-state index contributed by atoms with van der Waals surface area (Å²) in [5, 5.41) is 11.6. The van der Waals surface area contributed by atoms with Crippen molar-refractivity contribution in [1.29, 1.82) is 0 Å². The van der Waals surface area contributed by atoms with Gasteiger partial charge < -0.3 is 15.2 Å². The Labute approximate surface area is 220 Å². The van der Waals surface area contributed by atoms with E-state index in [0.29, 0.717) is 19.5 Å². The van der Waals surface area contributed by atoms with Crippen LogP contribution >= 0.6 is 0 Å². The van der Waals surface area contributed by atoms with E-state index in [9.17, 15) is 14.4 Å². The maximum Gasteiger partial charge on any atom is 0.408 e. The summed E-state index contributed by atoms with van der Waals surface area (Å²) in [6, 6.07) is 25.9. The molecule has 0 spiro atoms. The van der Waals surface area contributed by atoms with Gasteiger partial charge in [0.25, 0.3) is 5.91 Å². The number of rotatable bonds is 9. The summed E-state index contributed by atoms with van der Waals surface area (Å²) in [6.45, 7) is 0.777. The number of benzene rings is 3. The van der Waals surface area contributed by atoms with Gasteiger partial charge in [-0.3, -0.25) is 14.5 Å². The Morgan fingerprint density at radius 1 is 0.921 bits per heavy atom. The lowest BCUT2D eigenvalue weighted by Gasteiger charge is -2.29. The zero-order chi connectivity index (χ0) is 26.5. The summed E-state index contributed by atoms with van der Waals surface area (Å²) in [5.41, 5.74) is 6.35. The number of aliphatic carboxylic acids is 1. The third-order valence-corrected chi connectivity index (χ3v) is 7.08. The summed E-state index contributed by atoms with van der Waals surface area (Å²) < 4.78 is 5.69. The molecule has 3 aromatic rings. The molecule has 196 valence electrons. The highest BCUT2D eigenvalue weighted by atomic mass is 16.7. The molecule has 0 aromatic heterocycles. The normalized spacial score (nSPS) is 18.4. The van der Waals surface area contributed by atoms with E-state index in [2.05, 4.69) is 27.8 Å². The molecule has 0 radical (unpaired) electrons. The molecule has 3 aromatic carbocycles. The number of hydrogen-bond donors (Lipinski definition) is 3. The van der Waals surface area contributed by atoms with Gasteiger partial charge in [-0.25, -0.2) is 15.1 Å². The minimum absolute atomic E-state index is 0.112. The first-order chi connectivity index (χ1) is 18.4. The van der Waals surface area contributed by atoms with Gasteiger partial charge in [0.05, 0.1) is 0 Å². The average molecular weight is 516 g/mol. The van der Waals surface area contributed by atoms with E-state index >= 15 is 0 Å². The van der Waals surface area contributed by atoms with Crippen molar-refractivity contribution < 1.29 is 29.1 Å². The monoisotopic (exact) mass is 515 g/mol. The first-order valence-corrected chi connectivity index (χ1v) is 12.5. The van der Waals surface area contributed by atoms with Crippen molar-refractivity contribution in [3.05, 3.63) is 95.6 Å². The van der Waals surface area contributed by atoms with Crippen molar-refractivity contribution in [2.24, 2.45) is 0 Å². The first-order valence-electron chi connectivity index (χ1n) is 12.5. The second-order valence-corrected chi connectivity index (χ2v) is 9.59. The van der Waals surface area contributed by atoms with Gasteiger partial charge in [-0.15, -0.1) is 0 Å². The van der Waals surface area contributed by atoms with E-state index in [1.165, 1.54) is 0 Å². The zero-order valence-corrected chi connectivity index (χ0v) is 20.8. The number of fused-ring (bicyclic) bond motifs is 3. The fourth-order valence-electron chi connectivity index (χ4n) is 5.30. The van der Waals surface area contributed by atoms with Gasteiger partial charge in [0.2, 0.25) is 0 Å². The van der Waals surface area contributed by atoms with Crippen molar-refractivity contribution in [1.82, 2.24) is 15.7 Å². The Balaban J connectivity index is 1.28. The van der Waals surface area contributed by atoms with Gasteiger partial charge in [0.15, 0.2) is 6.61 Å². The van der Waals surface area contributed by atoms with Gasteiger partial charge in [0.1, 0.15) is 12.1 Å². The molecule has 1 heterocycles. The molecule has 1 saturated heterocycles. The second-order valence-electron chi connectivity index (χ2n) is 9.59. The highest BCUT2D eigenvalue weighted by Gasteiger charge is 2.47. The minimum atomic E-state index is -1.34. The summed E-state index contributed by atoms with van der Waals surface area (Å²) >= 11 is 0. The number of nitrogens with one attached hydrogen (secondary N) is 2. The van der Waals surface area contributed by atoms with Gasteiger partial charge in [0, 0.05) is 25.6 Å². The first kappa shape index (κ1) is 25.4. The molecule has 0 saturated carbocycles. The molecule has 1 aliphatic heterocycles. The number of hydroxylamine groups is 1. The number of carbonyl (C=O) groups is 3. The van der Waals surface area contributed by atoms with Crippen molar-refractivity contribution in [2.75, 3.05) is 26.3 Å². The molecule has 1 unspecified atom stereocenters. The highest BCUT2D eigenvalue weighted by molar-refractivity contribution is 5.90. The van der Waals surface area contributed by atoms with Crippen LogP contribution in [0.2, 0.25) is 0 Å². The zero-order valence-electron chi connectivity index (χ0n) is 20.8. The lowest BCUT2D eigenvalue weighted by Crippen LogP contribution is -2.60. The molecule has 0 bridgehead atoms. The Bertz CT molecular complexity index is 1290. The second kappa shape index (κ2) is 11.0. The molecule has 1 aliphatic carbocycles. The molecule has 9 heteroatoms. The molecule has 3 N–H and O–H groups in total. The number of nitrogens with zero attached hydrogens (tertiary/aromatic N) is 1. The van der Waals surface area contributed by atoms with Crippen LogP contribution in [-0.4, -0.2) is 59.8 Å². The fraction of sp³-hybridized carbons (Fsp3) is 0.276. The Kier molecular flexibility index (Phi) is 7.39. The van der Waals surface area contributed by atoms with Gasteiger partial charge in [-0.05, 0) is 34.2 Å². The summed E-state index contributed by atoms with van der Waals surface area (Å²) in [5.74, 6) is -1.96. The van der Waals surface area contributed by atoms with Crippen LogP contribution < -0.4 is 10.8 Å². The maximum absolute atomic E-state index is 13.1. The molecule has 1 fully saturated rings. The summed E-state index contributed by atoms with van der Waals surface area (Å²) in [6.07, 6.45) is -0.409. The Morgan fingerprint density at radius 2 is 1.55 bits per heavy atom. The SMILES string of the molecule is O=C(O)CONC(=O)C1(NC(=O)OCC2c3ccccc3-c3ccccc32)CCN(Cc2ccccc2)C1. The van der Waals surface area contributed by atoms with E-state index in [4.69, 9.17) is 14.7 Å². The third-order valence-electron chi connectivity index (χ3n) is 7.08. The van der Waals surface area contributed by atoms with Crippen LogP contribution in [-0.2, 0) is 25.7 Å². The number of amides is 2. The number of alkyl carbamates (subject to hydrolysis) is 1. The topological polar surface area (TPSA) is 117 Å². The quantitative estimate of drug-likeness (QED) is 0.375. The van der Waals surface area contributed by atoms with E-state index in [-0.39, 0.29) is 19.1 Å². The van der Waals surface area contributed by atoms with E-state index < -0.39 is 30.1 Å². The fourth-order valence-corrected chi connectivity index (χ4v) is 5.30. The molecule has 2 amide bonds. The van der Waals surface area contributed by atoms with Crippen LogP contribution in [0.3, 0.4) is 0 Å². The van der Waals surface area contributed by atoms with Crippen LogP contribution in [0.1, 0.15) is 29.0 Å². The molecular formula is C29H29N3O6. The highest BCUT2D eigenvalue weighted by Crippen LogP contribution is 2.44. The van der Waals surface area contributed by atoms with Gasteiger partial charge >= 0.3 is 12.1 Å². The molecular weight excluding hydrogens is 486 g/mol. The number of likely N-dealkylation sites (tertiary alicyclic amines) is 1. The smallest absolute Gasteiger partial charge is 0.408 e. The number of hydrogen-bond acceptors (Lipinski definition) is 6. The van der Waals surface area contributed by atoms with E-state index in [1.807, 2.05) is 66.7 Å². The lowest BCUT2D eigenvalue weighted by molar-refractivity contribution is -0.151. The predicted molar refractivity (Wildman–Crippen MR) is 139 cm³/mol. The molecule has 5 rings (SSSR count). The Hall–Kier alpha value is -4.21. The van der Waals surface area contributed by atoms with Crippen molar-refractivity contribution >= 4 is 18.0 Å². The molecule has 9 nitrogen and oxygen atoms in total. The molecule has 1 atom stereocenters. The van der Waals surface area contributed by atoms with Crippen molar-refractivity contribution in [3.8, 4) is 11.1 Å². The number of carbonyl (C=O) groups excluding carboxylic acids is 2. The van der Waals surface area contributed by atoms with Crippen LogP contribution in [0.15, 0.2) is 78.9 Å². The number of ether oxygens (including phenoxy) is 1. The van der Waals surface area contributed by atoms with Crippen LogP contribution in [0.4, 0.5) is 4.79 Å². The third kappa shape index (κ3) is 5.39. The number of carboxylic acids is 1. The standard InChI is InChI=1S/C29H29N3O6/c33-26(34)18-38-31-27(35)29(14-15-32(19-29)16-20-8-2-1-3-9-20)30-28(36)37-17-25-23-12-6-4-10-21(23)22-11-5-7-13-24(22)25/h1-13,25H,14-19H2,(H,30,36)(H,31,35)(H,33,34). The predicted octanol–water partition coefficient (Wildman–Crippen LogP) is 3.30. The molecule has 38 heavy (non-hydrogen) atoms. The van der Waals surface area contributed by atoms with Crippen LogP contribution in [0.25, 0.3) is 11.1 Å². The van der Waals surface area contributed by atoms with Crippen LogP contribution in [0, 0.1) is 0 Å². The Morgan fingerprint density at radius 3 is 2.21 bits per heavy atom. The van der Waals surface area contributed by atoms with Crippen molar-refractivity contribution in [2.45, 2.75) is 24.4 Å². The van der Waals surface area contributed by atoms with Crippen LogP contribution in [0.5, 0.6) is 0 Å². The maximum atomic E-state index is 13.1. The average Bonchev–Trinajstić information content (AvgIpc) is 3.47. The number of carboxylic acid groups (broad SMARTS) is 1. The van der Waals surface area contributed by atoms with Crippen molar-refractivity contribution in [3.63, 3.8) is 0 Å². The summed E-state index contributed by atoms with van der Waals surface area (Å²) in [4.78, 5) is 43.9. The lowest BCUT2D eigenvalue weighted by atomic mass is 9.97. The minimum Gasteiger partial charge on any atom is -0.479 e.